The number of β-amino-alcohol motifs (C(OH)–C–C–N with tert-alkyl or cyclic N) is 1. The number of carbonyl (C=O) groups excluding carboxylic acids is 1. The molecule has 98 valence electrons. The van der Waals surface area contributed by atoms with Crippen LogP contribution in [0.1, 0.15) is 30.3 Å². The van der Waals surface area contributed by atoms with Crippen LogP contribution in [-0.2, 0) is 6.54 Å². The van der Waals surface area contributed by atoms with Gasteiger partial charge >= 0.3 is 0 Å². The summed E-state index contributed by atoms with van der Waals surface area (Å²) < 4.78 is 1.31. The molecule has 1 atom stereocenters. The molecular weight excluding hydrogens is 234 g/mol. The highest BCUT2D eigenvalue weighted by Gasteiger charge is 2.26. The fourth-order valence-corrected chi connectivity index (χ4v) is 2.02. The summed E-state index contributed by atoms with van der Waals surface area (Å²) >= 11 is 0. The maximum absolute atomic E-state index is 12.1. The number of aliphatic hydroxyl groups is 1. The van der Waals surface area contributed by atoms with Gasteiger partial charge in [-0.15, -0.1) is 0 Å². The molecule has 18 heavy (non-hydrogen) atoms. The van der Waals surface area contributed by atoms with Crippen molar-refractivity contribution in [3.63, 3.8) is 0 Å². The lowest BCUT2D eigenvalue weighted by molar-refractivity contribution is 0.0756. The highest BCUT2D eigenvalue weighted by Crippen LogP contribution is 2.11. The molecule has 0 spiro atoms. The van der Waals surface area contributed by atoms with Gasteiger partial charge in [-0.1, -0.05) is 6.92 Å². The van der Waals surface area contributed by atoms with E-state index in [1.165, 1.54) is 16.8 Å². The topological polar surface area (TPSA) is 75.4 Å². The predicted octanol–water partition coefficient (Wildman–Crippen LogP) is -0.140. The maximum atomic E-state index is 12.1. The van der Waals surface area contributed by atoms with Crippen molar-refractivity contribution in [2.24, 2.45) is 0 Å². The summed E-state index contributed by atoms with van der Waals surface area (Å²) in [5, 5.41) is 13.5. The Morgan fingerprint density at radius 3 is 2.94 bits per heavy atom. The zero-order valence-electron chi connectivity index (χ0n) is 10.4. The lowest BCUT2D eigenvalue weighted by atomic mass is 10.3. The Kier molecular flexibility index (Phi) is 3.76. The summed E-state index contributed by atoms with van der Waals surface area (Å²) in [6, 6.07) is 2.81. The molecule has 6 nitrogen and oxygen atoms in total. The number of amides is 1. The molecule has 0 aromatic carbocycles. The average molecular weight is 251 g/mol. The van der Waals surface area contributed by atoms with Gasteiger partial charge in [0.15, 0.2) is 0 Å². The van der Waals surface area contributed by atoms with Crippen molar-refractivity contribution in [2.75, 3.05) is 13.1 Å². The number of aryl methyl sites for hydroxylation is 1. The lowest BCUT2D eigenvalue weighted by Gasteiger charge is -2.15. The van der Waals surface area contributed by atoms with E-state index in [0.717, 1.165) is 6.42 Å². The van der Waals surface area contributed by atoms with E-state index in [0.29, 0.717) is 26.1 Å². The second-order valence-electron chi connectivity index (χ2n) is 4.47. The average Bonchev–Trinajstić information content (AvgIpc) is 2.78. The molecule has 1 saturated heterocycles. The Morgan fingerprint density at radius 2 is 2.33 bits per heavy atom. The van der Waals surface area contributed by atoms with Crippen molar-refractivity contribution in [1.82, 2.24) is 14.7 Å². The van der Waals surface area contributed by atoms with Gasteiger partial charge in [0.25, 0.3) is 11.5 Å². The van der Waals surface area contributed by atoms with Crippen LogP contribution in [0, 0.1) is 0 Å². The zero-order chi connectivity index (χ0) is 13.1. The normalized spacial score (nSPS) is 19.2. The largest absolute Gasteiger partial charge is 0.391 e. The number of likely N-dealkylation sites (tertiary alicyclic amines) is 1. The van der Waals surface area contributed by atoms with Crippen molar-refractivity contribution in [3.05, 3.63) is 28.2 Å². The molecule has 1 N–H and O–H groups in total. The smallest absolute Gasteiger partial charge is 0.274 e. The van der Waals surface area contributed by atoms with Crippen LogP contribution < -0.4 is 5.56 Å². The summed E-state index contributed by atoms with van der Waals surface area (Å²) in [5.41, 5.74) is 0.0620. The van der Waals surface area contributed by atoms with E-state index in [1.54, 1.807) is 4.90 Å². The quantitative estimate of drug-likeness (QED) is 0.811. The van der Waals surface area contributed by atoms with Gasteiger partial charge in [0.05, 0.1) is 6.10 Å². The van der Waals surface area contributed by atoms with E-state index in [1.807, 2.05) is 6.92 Å². The van der Waals surface area contributed by atoms with E-state index in [-0.39, 0.29) is 17.2 Å². The second-order valence-corrected chi connectivity index (χ2v) is 4.47. The number of aromatic nitrogens is 2. The number of hydrogen-bond acceptors (Lipinski definition) is 4. The number of carbonyl (C=O) groups is 1. The molecule has 1 amide bonds. The predicted molar refractivity (Wildman–Crippen MR) is 65.3 cm³/mol. The Hall–Kier alpha value is -1.69. The Bertz CT molecular complexity index is 498. The van der Waals surface area contributed by atoms with Crippen molar-refractivity contribution in [3.8, 4) is 0 Å². The summed E-state index contributed by atoms with van der Waals surface area (Å²) in [7, 11) is 0. The molecule has 0 saturated carbocycles. The summed E-state index contributed by atoms with van der Waals surface area (Å²) in [6.45, 7) is 3.32. The SMILES string of the molecule is CCCn1nc(C(=O)N2CC[C@H](O)C2)ccc1=O. The summed E-state index contributed by atoms with van der Waals surface area (Å²) in [5.74, 6) is -0.226. The van der Waals surface area contributed by atoms with Crippen LogP contribution in [0.2, 0.25) is 0 Å². The first-order valence-electron chi connectivity index (χ1n) is 6.17. The van der Waals surface area contributed by atoms with E-state index >= 15 is 0 Å². The van der Waals surface area contributed by atoms with Gasteiger partial charge in [-0.3, -0.25) is 9.59 Å². The first-order chi connectivity index (χ1) is 8.61. The third-order valence-electron chi connectivity index (χ3n) is 2.97. The minimum Gasteiger partial charge on any atom is -0.391 e. The van der Waals surface area contributed by atoms with E-state index in [4.69, 9.17) is 0 Å². The molecule has 0 bridgehead atoms. The van der Waals surface area contributed by atoms with Gasteiger partial charge < -0.3 is 10.0 Å². The Labute approximate surface area is 105 Å². The molecule has 6 heteroatoms. The van der Waals surface area contributed by atoms with Gasteiger partial charge in [-0.2, -0.15) is 5.10 Å². The van der Waals surface area contributed by atoms with Crippen molar-refractivity contribution in [2.45, 2.75) is 32.4 Å². The van der Waals surface area contributed by atoms with Crippen LogP contribution in [0.4, 0.5) is 0 Å². The van der Waals surface area contributed by atoms with Gasteiger partial charge in [-0.05, 0) is 18.9 Å². The molecule has 0 aliphatic carbocycles. The third-order valence-corrected chi connectivity index (χ3v) is 2.97. The Balaban J connectivity index is 2.20. The molecule has 1 aromatic heterocycles. The minimum atomic E-state index is -0.449. The van der Waals surface area contributed by atoms with Gasteiger partial charge in [0.2, 0.25) is 0 Å². The standard InChI is InChI=1S/C12H17N3O3/c1-2-6-15-11(17)4-3-10(13-15)12(18)14-7-5-9(16)8-14/h3-4,9,16H,2,5-8H2,1H3/t9-/m0/s1. The van der Waals surface area contributed by atoms with Crippen molar-refractivity contribution in [1.29, 1.82) is 0 Å². The molecule has 1 aliphatic rings. The first kappa shape index (κ1) is 12.8. The highest BCUT2D eigenvalue weighted by atomic mass is 16.3. The maximum Gasteiger partial charge on any atom is 0.274 e. The van der Waals surface area contributed by atoms with Crippen molar-refractivity contribution >= 4 is 5.91 Å². The number of hydrogen-bond donors (Lipinski definition) is 1. The first-order valence-corrected chi connectivity index (χ1v) is 6.17. The molecular formula is C12H17N3O3. The highest BCUT2D eigenvalue weighted by molar-refractivity contribution is 5.92. The second kappa shape index (κ2) is 5.30. The minimum absolute atomic E-state index is 0.199. The molecule has 2 heterocycles. The van der Waals surface area contributed by atoms with Crippen LogP contribution in [0.3, 0.4) is 0 Å². The van der Waals surface area contributed by atoms with Crippen LogP contribution >= 0.6 is 0 Å². The molecule has 2 rings (SSSR count). The lowest BCUT2D eigenvalue weighted by Crippen LogP contribution is -2.33. The van der Waals surface area contributed by atoms with Crippen molar-refractivity contribution < 1.29 is 9.90 Å². The Morgan fingerprint density at radius 1 is 1.56 bits per heavy atom. The molecule has 1 fully saturated rings. The monoisotopic (exact) mass is 251 g/mol. The fourth-order valence-electron chi connectivity index (χ4n) is 2.02. The van der Waals surface area contributed by atoms with Gasteiger partial charge in [-0.25, -0.2) is 4.68 Å². The zero-order valence-corrected chi connectivity index (χ0v) is 10.4. The van der Waals surface area contributed by atoms with Crippen LogP contribution in [-0.4, -0.2) is 44.9 Å². The van der Waals surface area contributed by atoms with E-state index in [9.17, 15) is 14.7 Å². The number of aliphatic hydroxyl groups excluding tert-OH is 1. The molecule has 1 aromatic rings. The van der Waals surface area contributed by atoms with Gasteiger partial charge in [0, 0.05) is 25.7 Å². The number of rotatable bonds is 3. The van der Waals surface area contributed by atoms with E-state index < -0.39 is 6.10 Å². The molecule has 0 radical (unpaired) electrons. The molecule has 1 aliphatic heterocycles. The van der Waals surface area contributed by atoms with Crippen LogP contribution in [0.25, 0.3) is 0 Å². The van der Waals surface area contributed by atoms with E-state index in [2.05, 4.69) is 5.10 Å². The summed E-state index contributed by atoms with van der Waals surface area (Å²) in [4.78, 5) is 25.2. The van der Waals surface area contributed by atoms with Crippen LogP contribution in [0.15, 0.2) is 16.9 Å². The van der Waals surface area contributed by atoms with Crippen LogP contribution in [0.5, 0.6) is 0 Å². The number of nitrogens with zero attached hydrogens (tertiary/aromatic N) is 3. The fraction of sp³-hybridized carbons (Fsp3) is 0.583. The third kappa shape index (κ3) is 2.59. The summed E-state index contributed by atoms with van der Waals surface area (Å²) in [6.07, 6.45) is 0.934. The van der Waals surface area contributed by atoms with Gasteiger partial charge in [0.1, 0.15) is 5.69 Å². The molecule has 0 unspecified atom stereocenters.